The molecule has 1 aromatic carbocycles. The standard InChI is InChI=1S/C19H19N3O3S.H2/c1-13-18(19(23)21-15-6-4-3-5-7-15)22-17(12-20-13)14-8-10-16(11-9-14)26(2,24)25;/h4,6-12H,3,5H2,1-2H3,(H,21,23);1H. The summed E-state index contributed by atoms with van der Waals surface area (Å²) in [7, 11) is -3.26. The van der Waals surface area contributed by atoms with Gasteiger partial charge < -0.3 is 5.32 Å². The van der Waals surface area contributed by atoms with E-state index in [2.05, 4.69) is 15.3 Å². The molecule has 1 heterocycles. The Bertz CT molecular complexity index is 1010. The van der Waals surface area contributed by atoms with Crippen LogP contribution in [0.3, 0.4) is 0 Å². The molecule has 0 fully saturated rings. The first-order valence-corrected chi connectivity index (χ1v) is 10.1. The molecule has 1 aliphatic carbocycles. The molecule has 6 nitrogen and oxygen atoms in total. The van der Waals surface area contributed by atoms with Gasteiger partial charge in [0, 0.05) is 18.9 Å². The van der Waals surface area contributed by atoms with Crippen molar-refractivity contribution in [2.24, 2.45) is 0 Å². The van der Waals surface area contributed by atoms with E-state index in [-0.39, 0.29) is 17.9 Å². The number of allylic oxidation sites excluding steroid dienone is 3. The van der Waals surface area contributed by atoms with Gasteiger partial charge in [-0.05, 0) is 38.0 Å². The lowest BCUT2D eigenvalue weighted by atomic mass is 10.1. The third-order valence-corrected chi connectivity index (χ3v) is 5.13. The number of nitrogens with zero attached hydrogens (tertiary/aromatic N) is 2. The Morgan fingerprint density at radius 2 is 1.92 bits per heavy atom. The SMILES string of the molecule is Cc1ncc(-c2ccc(S(C)(=O)=O)cc2)nc1C(=O)NC1=CCCC=C1.[HH]. The van der Waals surface area contributed by atoms with Gasteiger partial charge in [-0.2, -0.15) is 0 Å². The van der Waals surface area contributed by atoms with Gasteiger partial charge in [0.1, 0.15) is 5.69 Å². The van der Waals surface area contributed by atoms with Gasteiger partial charge in [0.15, 0.2) is 9.84 Å². The van der Waals surface area contributed by atoms with Crippen molar-refractivity contribution in [1.29, 1.82) is 0 Å². The molecule has 136 valence electrons. The zero-order chi connectivity index (χ0) is 18.7. The van der Waals surface area contributed by atoms with Crippen LogP contribution in [0.15, 0.2) is 59.3 Å². The second-order valence-electron chi connectivity index (χ2n) is 6.08. The normalized spacial score (nSPS) is 14.0. The molecule has 1 N–H and O–H groups in total. The molecule has 0 bridgehead atoms. The van der Waals surface area contributed by atoms with E-state index < -0.39 is 9.84 Å². The Morgan fingerprint density at radius 3 is 2.54 bits per heavy atom. The van der Waals surface area contributed by atoms with Crippen LogP contribution in [0.2, 0.25) is 0 Å². The summed E-state index contributed by atoms with van der Waals surface area (Å²) >= 11 is 0. The van der Waals surface area contributed by atoms with Crippen LogP contribution in [0.1, 0.15) is 30.5 Å². The highest BCUT2D eigenvalue weighted by Gasteiger charge is 2.15. The molecule has 26 heavy (non-hydrogen) atoms. The van der Waals surface area contributed by atoms with E-state index in [0.717, 1.165) is 24.8 Å². The van der Waals surface area contributed by atoms with Gasteiger partial charge in [0.25, 0.3) is 5.91 Å². The first-order valence-electron chi connectivity index (χ1n) is 8.17. The molecule has 0 radical (unpaired) electrons. The Morgan fingerprint density at radius 1 is 1.19 bits per heavy atom. The lowest BCUT2D eigenvalue weighted by molar-refractivity contribution is 0.0961. The van der Waals surface area contributed by atoms with Crippen LogP contribution in [-0.2, 0) is 9.84 Å². The number of aryl methyl sites for hydroxylation is 1. The fourth-order valence-electron chi connectivity index (χ4n) is 2.57. The van der Waals surface area contributed by atoms with E-state index in [1.54, 1.807) is 25.3 Å². The van der Waals surface area contributed by atoms with Crippen LogP contribution < -0.4 is 5.32 Å². The number of carbonyl (C=O) groups excluding carboxylic acids is 1. The minimum atomic E-state index is -3.26. The average molecular weight is 371 g/mol. The number of rotatable bonds is 4. The van der Waals surface area contributed by atoms with Gasteiger partial charge in [-0.15, -0.1) is 0 Å². The molecule has 0 unspecified atom stereocenters. The molecule has 0 spiro atoms. The largest absolute Gasteiger partial charge is 0.321 e. The number of amides is 1. The van der Waals surface area contributed by atoms with Crippen molar-refractivity contribution in [1.82, 2.24) is 15.3 Å². The number of carbonyl (C=O) groups is 1. The number of sulfone groups is 1. The number of aromatic nitrogens is 2. The Balaban J connectivity index is 0.00000261. The highest BCUT2D eigenvalue weighted by atomic mass is 32.2. The third kappa shape index (κ3) is 4.05. The van der Waals surface area contributed by atoms with E-state index in [1.807, 2.05) is 18.2 Å². The fraction of sp³-hybridized carbons (Fsp3) is 0.211. The van der Waals surface area contributed by atoms with Crippen molar-refractivity contribution in [2.45, 2.75) is 24.7 Å². The first-order chi connectivity index (χ1) is 12.3. The molecule has 0 atom stereocenters. The smallest absolute Gasteiger partial charge is 0.276 e. The van der Waals surface area contributed by atoms with Gasteiger partial charge in [-0.25, -0.2) is 13.4 Å². The maximum atomic E-state index is 12.5. The van der Waals surface area contributed by atoms with Gasteiger partial charge in [-0.1, -0.05) is 24.3 Å². The van der Waals surface area contributed by atoms with Gasteiger partial charge in [0.2, 0.25) is 0 Å². The highest BCUT2D eigenvalue weighted by molar-refractivity contribution is 7.90. The third-order valence-electron chi connectivity index (χ3n) is 4.00. The van der Waals surface area contributed by atoms with E-state index in [1.165, 1.54) is 12.1 Å². The quantitative estimate of drug-likeness (QED) is 0.892. The van der Waals surface area contributed by atoms with Crippen LogP contribution in [0, 0.1) is 6.92 Å². The predicted molar refractivity (Wildman–Crippen MR) is 101 cm³/mol. The minimum Gasteiger partial charge on any atom is -0.321 e. The predicted octanol–water partition coefficient (Wildman–Crippen LogP) is 3.07. The van der Waals surface area contributed by atoms with Crippen LogP contribution >= 0.6 is 0 Å². The van der Waals surface area contributed by atoms with Gasteiger partial charge >= 0.3 is 0 Å². The molecule has 1 aliphatic rings. The highest BCUT2D eigenvalue weighted by Crippen LogP contribution is 2.20. The van der Waals surface area contributed by atoms with Crippen LogP contribution in [0.5, 0.6) is 0 Å². The maximum Gasteiger partial charge on any atom is 0.276 e. The van der Waals surface area contributed by atoms with E-state index in [4.69, 9.17) is 0 Å². The summed E-state index contributed by atoms with van der Waals surface area (Å²) in [5.41, 5.74) is 2.73. The average Bonchev–Trinajstić information content (AvgIpc) is 2.62. The van der Waals surface area contributed by atoms with E-state index in [9.17, 15) is 13.2 Å². The molecule has 0 aliphatic heterocycles. The number of nitrogens with one attached hydrogen (secondary N) is 1. The summed E-state index contributed by atoms with van der Waals surface area (Å²) in [5, 5.41) is 2.84. The molecule has 1 amide bonds. The monoisotopic (exact) mass is 371 g/mol. The Hall–Kier alpha value is -2.80. The minimum absolute atomic E-state index is 0. The second kappa shape index (κ2) is 7.21. The number of hydrogen-bond donors (Lipinski definition) is 1. The lowest BCUT2D eigenvalue weighted by Crippen LogP contribution is -2.25. The molecule has 7 heteroatoms. The summed E-state index contributed by atoms with van der Waals surface area (Å²) in [6.07, 6.45) is 10.4. The summed E-state index contributed by atoms with van der Waals surface area (Å²) < 4.78 is 23.1. The fourth-order valence-corrected chi connectivity index (χ4v) is 3.20. The lowest BCUT2D eigenvalue weighted by Gasteiger charge is -2.11. The van der Waals surface area contributed by atoms with Gasteiger partial charge in [0.05, 0.1) is 22.5 Å². The maximum absolute atomic E-state index is 12.5. The summed E-state index contributed by atoms with van der Waals surface area (Å²) in [6, 6.07) is 6.35. The Kier molecular flexibility index (Phi) is 4.99. The van der Waals surface area contributed by atoms with Crippen molar-refractivity contribution >= 4 is 15.7 Å². The number of hydrogen-bond acceptors (Lipinski definition) is 5. The van der Waals surface area contributed by atoms with Crippen molar-refractivity contribution in [3.8, 4) is 11.3 Å². The van der Waals surface area contributed by atoms with Crippen molar-refractivity contribution < 1.29 is 14.6 Å². The molecular weight excluding hydrogens is 350 g/mol. The van der Waals surface area contributed by atoms with Crippen LogP contribution in [-0.4, -0.2) is 30.5 Å². The number of benzene rings is 1. The molecule has 0 saturated heterocycles. The molecule has 3 rings (SSSR count). The van der Waals surface area contributed by atoms with Crippen molar-refractivity contribution in [3.63, 3.8) is 0 Å². The van der Waals surface area contributed by atoms with E-state index >= 15 is 0 Å². The van der Waals surface area contributed by atoms with Crippen molar-refractivity contribution in [2.75, 3.05) is 6.26 Å². The topological polar surface area (TPSA) is 89.0 Å². The molecule has 2 aromatic rings. The second-order valence-corrected chi connectivity index (χ2v) is 8.09. The zero-order valence-electron chi connectivity index (χ0n) is 14.6. The van der Waals surface area contributed by atoms with E-state index in [0.29, 0.717) is 17.0 Å². The zero-order valence-corrected chi connectivity index (χ0v) is 15.4. The summed E-state index contributed by atoms with van der Waals surface area (Å²) in [6.45, 7) is 1.73. The van der Waals surface area contributed by atoms with Crippen molar-refractivity contribution in [3.05, 3.63) is 65.8 Å². The first kappa shape index (κ1) is 18.0. The Labute approximate surface area is 154 Å². The van der Waals surface area contributed by atoms with Crippen LogP contribution in [0.4, 0.5) is 0 Å². The molecular formula is C19H21N3O3S. The summed E-state index contributed by atoms with van der Waals surface area (Å²) in [5.74, 6) is -0.317. The molecule has 1 aromatic heterocycles. The summed E-state index contributed by atoms with van der Waals surface area (Å²) in [4.78, 5) is 21.5. The van der Waals surface area contributed by atoms with Crippen LogP contribution in [0.25, 0.3) is 11.3 Å². The van der Waals surface area contributed by atoms with Gasteiger partial charge in [-0.3, -0.25) is 9.78 Å². The molecule has 0 saturated carbocycles.